The summed E-state index contributed by atoms with van der Waals surface area (Å²) >= 11 is 6.01. The zero-order valence-electron chi connectivity index (χ0n) is 12.4. The van der Waals surface area contributed by atoms with Gasteiger partial charge in [0, 0.05) is 16.7 Å². The lowest BCUT2D eigenvalue weighted by Gasteiger charge is -2.33. The van der Waals surface area contributed by atoms with Crippen LogP contribution in [0.1, 0.15) is 12.5 Å². The van der Waals surface area contributed by atoms with Crippen molar-refractivity contribution in [2.24, 2.45) is 0 Å². The summed E-state index contributed by atoms with van der Waals surface area (Å²) in [4.78, 5) is 14.2. The van der Waals surface area contributed by atoms with Crippen LogP contribution in [0.25, 0.3) is 0 Å². The predicted octanol–water partition coefficient (Wildman–Crippen LogP) is 3.66. The van der Waals surface area contributed by atoms with Crippen LogP contribution in [0.4, 0.5) is 5.69 Å². The fourth-order valence-electron chi connectivity index (χ4n) is 2.55. The van der Waals surface area contributed by atoms with Crippen molar-refractivity contribution in [3.8, 4) is 11.5 Å². The first kappa shape index (κ1) is 14.7. The molecule has 2 aromatic rings. The lowest BCUT2D eigenvalue weighted by Crippen LogP contribution is -2.44. The van der Waals surface area contributed by atoms with Gasteiger partial charge in [-0.15, -0.1) is 0 Å². The van der Waals surface area contributed by atoms with E-state index >= 15 is 0 Å². The molecule has 0 aliphatic carbocycles. The second-order valence-corrected chi connectivity index (χ2v) is 5.54. The van der Waals surface area contributed by atoms with Crippen LogP contribution in [-0.2, 0) is 11.3 Å². The topological polar surface area (TPSA) is 38.8 Å². The maximum Gasteiger partial charge on any atom is 0.268 e. The number of ether oxygens (including phenoxy) is 2. The molecule has 0 fully saturated rings. The average Bonchev–Trinajstić information content (AvgIpc) is 2.52. The Balaban J connectivity index is 2.00. The number of hydrogen-bond acceptors (Lipinski definition) is 3. The molecule has 0 saturated carbocycles. The summed E-state index contributed by atoms with van der Waals surface area (Å²) in [6.45, 7) is 2.16. The average molecular weight is 318 g/mol. The number of halogens is 1. The molecule has 0 spiro atoms. The van der Waals surface area contributed by atoms with Gasteiger partial charge >= 0.3 is 0 Å². The quantitative estimate of drug-likeness (QED) is 0.867. The molecule has 5 heteroatoms. The van der Waals surface area contributed by atoms with Gasteiger partial charge in [-0.3, -0.25) is 4.79 Å². The molecule has 22 heavy (non-hydrogen) atoms. The summed E-state index contributed by atoms with van der Waals surface area (Å²) in [5.41, 5.74) is 1.66. The highest BCUT2D eigenvalue weighted by molar-refractivity contribution is 6.30. The molecule has 1 unspecified atom stereocenters. The first-order chi connectivity index (χ1) is 10.6. The van der Waals surface area contributed by atoms with Crippen molar-refractivity contribution >= 4 is 23.2 Å². The maximum absolute atomic E-state index is 12.5. The number of nitrogens with zero attached hydrogens (tertiary/aromatic N) is 1. The van der Waals surface area contributed by atoms with E-state index in [4.69, 9.17) is 21.1 Å². The van der Waals surface area contributed by atoms with Crippen LogP contribution in [-0.4, -0.2) is 19.1 Å². The normalized spacial score (nSPS) is 17.0. The molecular formula is C17H16ClNO3. The molecule has 1 aliphatic heterocycles. The Morgan fingerprint density at radius 3 is 2.82 bits per heavy atom. The molecule has 1 amide bonds. The molecule has 0 bridgehead atoms. The lowest BCUT2D eigenvalue weighted by molar-refractivity contribution is -0.125. The number of fused-ring (bicyclic) bond motifs is 1. The van der Waals surface area contributed by atoms with E-state index in [0.29, 0.717) is 17.3 Å². The fourth-order valence-corrected chi connectivity index (χ4v) is 2.71. The van der Waals surface area contributed by atoms with Crippen LogP contribution >= 0.6 is 11.6 Å². The monoisotopic (exact) mass is 317 g/mol. The Bertz CT molecular complexity index is 717. The number of benzene rings is 2. The standard InChI is InChI=1S/C17H16ClNO3/c1-11-17(20)19(10-12-5-3-4-6-15(12)21-2)14-8-7-13(18)9-16(14)22-11/h3-9,11H,10H2,1-2H3. The van der Waals surface area contributed by atoms with E-state index < -0.39 is 6.10 Å². The minimum atomic E-state index is -0.541. The van der Waals surface area contributed by atoms with Crippen molar-refractivity contribution < 1.29 is 14.3 Å². The van der Waals surface area contributed by atoms with Gasteiger partial charge in [0.2, 0.25) is 0 Å². The van der Waals surface area contributed by atoms with Crippen molar-refractivity contribution in [1.82, 2.24) is 0 Å². The summed E-state index contributed by atoms with van der Waals surface area (Å²) in [5.74, 6) is 1.29. The van der Waals surface area contributed by atoms with Crippen LogP contribution in [0.15, 0.2) is 42.5 Å². The molecule has 1 aliphatic rings. The van der Waals surface area contributed by atoms with Crippen LogP contribution < -0.4 is 14.4 Å². The van der Waals surface area contributed by atoms with Gasteiger partial charge in [0.05, 0.1) is 19.3 Å². The van der Waals surface area contributed by atoms with Crippen molar-refractivity contribution in [2.45, 2.75) is 19.6 Å². The molecule has 0 radical (unpaired) electrons. The van der Waals surface area contributed by atoms with Gasteiger partial charge in [0.1, 0.15) is 11.5 Å². The van der Waals surface area contributed by atoms with Crippen LogP contribution in [0.2, 0.25) is 5.02 Å². The molecule has 114 valence electrons. The second-order valence-electron chi connectivity index (χ2n) is 5.11. The number of carbonyl (C=O) groups excluding carboxylic acids is 1. The molecule has 1 atom stereocenters. The fraction of sp³-hybridized carbons (Fsp3) is 0.235. The molecule has 2 aromatic carbocycles. The highest BCUT2D eigenvalue weighted by Gasteiger charge is 2.32. The Hall–Kier alpha value is -2.20. The second kappa shape index (κ2) is 5.89. The number of anilines is 1. The van der Waals surface area contributed by atoms with Crippen LogP contribution in [0.3, 0.4) is 0 Å². The summed E-state index contributed by atoms with van der Waals surface area (Å²) in [6, 6.07) is 12.9. The molecule has 0 N–H and O–H groups in total. The van der Waals surface area contributed by atoms with Crippen LogP contribution in [0, 0.1) is 0 Å². The molecular weight excluding hydrogens is 302 g/mol. The highest BCUT2D eigenvalue weighted by Crippen LogP contribution is 2.37. The van der Waals surface area contributed by atoms with Crippen molar-refractivity contribution in [3.63, 3.8) is 0 Å². The number of rotatable bonds is 3. The molecule has 4 nitrogen and oxygen atoms in total. The summed E-state index contributed by atoms with van der Waals surface area (Å²) < 4.78 is 11.0. The lowest BCUT2D eigenvalue weighted by atomic mass is 10.1. The van der Waals surface area contributed by atoms with Gasteiger partial charge in [-0.2, -0.15) is 0 Å². The maximum atomic E-state index is 12.5. The van der Waals surface area contributed by atoms with E-state index in [1.54, 1.807) is 37.1 Å². The molecule has 0 aromatic heterocycles. The first-order valence-electron chi connectivity index (χ1n) is 6.99. The van der Waals surface area contributed by atoms with Gasteiger partial charge in [-0.1, -0.05) is 29.8 Å². The Kier molecular flexibility index (Phi) is 3.94. The van der Waals surface area contributed by atoms with E-state index in [9.17, 15) is 4.79 Å². The van der Waals surface area contributed by atoms with E-state index in [-0.39, 0.29) is 5.91 Å². The van der Waals surface area contributed by atoms with Crippen molar-refractivity contribution in [2.75, 3.05) is 12.0 Å². The van der Waals surface area contributed by atoms with E-state index in [0.717, 1.165) is 17.0 Å². The van der Waals surface area contributed by atoms with E-state index in [1.165, 1.54) is 0 Å². The Morgan fingerprint density at radius 2 is 2.05 bits per heavy atom. The molecule has 1 heterocycles. The Labute approximate surface area is 134 Å². The predicted molar refractivity (Wildman–Crippen MR) is 85.7 cm³/mol. The zero-order valence-corrected chi connectivity index (χ0v) is 13.1. The SMILES string of the molecule is COc1ccccc1CN1C(=O)C(C)Oc2cc(Cl)ccc21. The first-order valence-corrected chi connectivity index (χ1v) is 7.37. The minimum Gasteiger partial charge on any atom is -0.496 e. The smallest absolute Gasteiger partial charge is 0.268 e. The largest absolute Gasteiger partial charge is 0.496 e. The summed E-state index contributed by atoms with van der Waals surface area (Å²) in [7, 11) is 1.62. The third-order valence-electron chi connectivity index (χ3n) is 3.65. The highest BCUT2D eigenvalue weighted by atomic mass is 35.5. The number of carbonyl (C=O) groups is 1. The van der Waals surface area contributed by atoms with Crippen LogP contribution in [0.5, 0.6) is 11.5 Å². The zero-order chi connectivity index (χ0) is 15.7. The van der Waals surface area contributed by atoms with Gasteiger partial charge in [-0.25, -0.2) is 0 Å². The number of para-hydroxylation sites is 1. The molecule has 3 rings (SSSR count). The summed E-state index contributed by atoms with van der Waals surface area (Å²) in [6.07, 6.45) is -0.541. The summed E-state index contributed by atoms with van der Waals surface area (Å²) in [5, 5.41) is 0.581. The number of amides is 1. The third kappa shape index (κ3) is 2.62. The van der Waals surface area contributed by atoms with Gasteiger partial charge in [-0.05, 0) is 25.1 Å². The van der Waals surface area contributed by atoms with E-state index in [1.807, 2.05) is 24.3 Å². The number of hydrogen-bond donors (Lipinski definition) is 0. The third-order valence-corrected chi connectivity index (χ3v) is 3.89. The van der Waals surface area contributed by atoms with Gasteiger partial charge < -0.3 is 14.4 Å². The van der Waals surface area contributed by atoms with Crippen molar-refractivity contribution in [3.05, 3.63) is 53.1 Å². The minimum absolute atomic E-state index is 0.0827. The van der Waals surface area contributed by atoms with Gasteiger partial charge in [0.15, 0.2) is 6.10 Å². The van der Waals surface area contributed by atoms with E-state index in [2.05, 4.69) is 0 Å². The Morgan fingerprint density at radius 1 is 1.27 bits per heavy atom. The number of methoxy groups -OCH3 is 1. The van der Waals surface area contributed by atoms with Crippen molar-refractivity contribution in [1.29, 1.82) is 0 Å². The van der Waals surface area contributed by atoms with Gasteiger partial charge in [0.25, 0.3) is 5.91 Å². The molecule has 0 saturated heterocycles.